The number of rotatable bonds is 7. The van der Waals surface area contributed by atoms with Gasteiger partial charge in [0.2, 0.25) is 5.91 Å². The van der Waals surface area contributed by atoms with E-state index in [-0.39, 0.29) is 29.7 Å². The van der Waals surface area contributed by atoms with E-state index >= 15 is 0 Å². The van der Waals surface area contributed by atoms with Crippen LogP contribution in [0.15, 0.2) is 35.2 Å². The third-order valence-corrected chi connectivity index (χ3v) is 8.64. The molecular formula is C22H33N3O5S. The predicted molar refractivity (Wildman–Crippen MR) is 118 cm³/mol. The van der Waals surface area contributed by atoms with Crippen molar-refractivity contribution in [1.82, 2.24) is 15.1 Å². The zero-order valence-corrected chi connectivity index (χ0v) is 19.2. The first-order valence-electron chi connectivity index (χ1n) is 10.9. The van der Waals surface area contributed by atoms with Crippen LogP contribution in [0.25, 0.3) is 0 Å². The summed E-state index contributed by atoms with van der Waals surface area (Å²) in [6.07, 6.45) is 1.47. The van der Waals surface area contributed by atoms with Gasteiger partial charge in [-0.15, -0.1) is 0 Å². The van der Waals surface area contributed by atoms with Crippen LogP contribution >= 0.6 is 0 Å². The number of carbonyl (C=O) groups excluding carboxylic acids is 1. The van der Waals surface area contributed by atoms with Gasteiger partial charge in [-0.05, 0) is 64.6 Å². The highest BCUT2D eigenvalue weighted by molar-refractivity contribution is 7.91. The van der Waals surface area contributed by atoms with Crippen LogP contribution in [0.3, 0.4) is 0 Å². The van der Waals surface area contributed by atoms with E-state index in [2.05, 4.69) is 31.1 Å². The minimum atomic E-state index is -3.51. The van der Waals surface area contributed by atoms with Gasteiger partial charge < -0.3 is 20.2 Å². The minimum Gasteiger partial charge on any atom is -0.465 e. The summed E-state index contributed by atoms with van der Waals surface area (Å²) in [5.74, 6) is -0.479. The van der Waals surface area contributed by atoms with Gasteiger partial charge >= 0.3 is 6.09 Å². The van der Waals surface area contributed by atoms with Gasteiger partial charge in [0, 0.05) is 24.7 Å². The molecule has 0 unspecified atom stereocenters. The first-order valence-corrected chi connectivity index (χ1v) is 12.5. The van der Waals surface area contributed by atoms with Crippen molar-refractivity contribution in [2.45, 2.75) is 68.6 Å². The lowest BCUT2D eigenvalue weighted by Crippen LogP contribution is -2.53. The Labute approximate surface area is 184 Å². The van der Waals surface area contributed by atoms with E-state index in [1.165, 1.54) is 0 Å². The molecule has 0 bridgehead atoms. The van der Waals surface area contributed by atoms with Crippen molar-refractivity contribution in [1.29, 1.82) is 0 Å². The third kappa shape index (κ3) is 5.38. The van der Waals surface area contributed by atoms with Gasteiger partial charge in [-0.3, -0.25) is 4.79 Å². The fourth-order valence-electron chi connectivity index (χ4n) is 4.92. The Bertz CT molecular complexity index is 890. The maximum atomic E-state index is 13.2. The average Bonchev–Trinajstić information content (AvgIpc) is 3.07. The van der Waals surface area contributed by atoms with Crippen LogP contribution in [0.2, 0.25) is 0 Å². The van der Waals surface area contributed by atoms with Gasteiger partial charge in [0.15, 0.2) is 9.84 Å². The molecule has 2 amide bonds. The predicted octanol–water partition coefficient (Wildman–Crippen LogP) is 2.21. The van der Waals surface area contributed by atoms with Crippen molar-refractivity contribution < 1.29 is 23.1 Å². The van der Waals surface area contributed by atoms with Gasteiger partial charge in [-0.25, -0.2) is 13.2 Å². The van der Waals surface area contributed by atoms with Gasteiger partial charge in [0.1, 0.15) is 6.04 Å². The van der Waals surface area contributed by atoms with Gasteiger partial charge in [-0.1, -0.05) is 18.2 Å². The minimum absolute atomic E-state index is 0.0229. The average molecular weight is 452 g/mol. The molecule has 2 fully saturated rings. The van der Waals surface area contributed by atoms with Crippen molar-refractivity contribution in [3.05, 3.63) is 30.3 Å². The van der Waals surface area contributed by atoms with E-state index in [1.807, 2.05) is 0 Å². The van der Waals surface area contributed by atoms with Crippen LogP contribution < -0.4 is 5.32 Å². The molecule has 1 saturated heterocycles. The Morgan fingerprint density at radius 3 is 2.52 bits per heavy atom. The zero-order chi connectivity index (χ0) is 22.8. The Morgan fingerprint density at radius 1 is 1.23 bits per heavy atom. The molecule has 0 spiro atoms. The number of hydrogen-bond acceptors (Lipinski definition) is 5. The molecule has 1 saturated carbocycles. The fourth-order valence-corrected chi connectivity index (χ4v) is 6.61. The smallest absolute Gasteiger partial charge is 0.405 e. The van der Waals surface area contributed by atoms with E-state index in [4.69, 9.17) is 5.11 Å². The molecule has 0 radical (unpaired) electrons. The molecule has 2 aliphatic rings. The van der Waals surface area contributed by atoms with E-state index in [0.717, 1.165) is 6.42 Å². The van der Waals surface area contributed by atoms with Crippen molar-refractivity contribution in [3.63, 3.8) is 0 Å². The van der Waals surface area contributed by atoms with Crippen molar-refractivity contribution in [2.24, 2.45) is 5.92 Å². The summed E-state index contributed by atoms with van der Waals surface area (Å²) >= 11 is 0. The molecule has 2 N–H and O–H groups in total. The lowest BCUT2D eigenvalue weighted by atomic mass is 9.81. The van der Waals surface area contributed by atoms with Crippen LogP contribution in [0, 0.1) is 5.92 Å². The van der Waals surface area contributed by atoms with Crippen LogP contribution in [0.1, 0.15) is 39.5 Å². The maximum absolute atomic E-state index is 13.2. The van der Waals surface area contributed by atoms with E-state index in [9.17, 15) is 18.0 Å². The fraction of sp³-hybridized carbons (Fsp3) is 0.636. The van der Waals surface area contributed by atoms with E-state index in [1.54, 1.807) is 35.2 Å². The molecule has 1 aromatic rings. The van der Waals surface area contributed by atoms with Crippen molar-refractivity contribution >= 4 is 21.8 Å². The Morgan fingerprint density at radius 2 is 1.90 bits per heavy atom. The first kappa shape index (κ1) is 23.5. The number of hydrogen-bond donors (Lipinski definition) is 2. The summed E-state index contributed by atoms with van der Waals surface area (Å²) in [6, 6.07) is 8.07. The van der Waals surface area contributed by atoms with Crippen molar-refractivity contribution in [3.8, 4) is 0 Å². The van der Waals surface area contributed by atoms with Gasteiger partial charge in [-0.2, -0.15) is 0 Å². The summed E-state index contributed by atoms with van der Waals surface area (Å²) in [4.78, 5) is 28.2. The van der Waals surface area contributed by atoms with Crippen LogP contribution in [0.4, 0.5) is 4.79 Å². The number of nitrogens with zero attached hydrogens (tertiary/aromatic N) is 2. The molecule has 4 atom stereocenters. The Hall–Kier alpha value is -2.13. The molecule has 1 aromatic carbocycles. The highest BCUT2D eigenvalue weighted by Gasteiger charge is 2.44. The van der Waals surface area contributed by atoms with Crippen LogP contribution in [-0.4, -0.2) is 78.8 Å². The molecule has 31 heavy (non-hydrogen) atoms. The molecule has 8 nitrogen and oxygen atoms in total. The van der Waals surface area contributed by atoms with Gasteiger partial charge in [0.05, 0.1) is 10.6 Å². The molecule has 3 rings (SSSR count). The normalized spacial score (nSPS) is 27.1. The second-order valence-corrected chi connectivity index (χ2v) is 11.0. The van der Waals surface area contributed by atoms with Crippen LogP contribution in [0.5, 0.6) is 0 Å². The number of carbonyl (C=O) groups is 2. The van der Waals surface area contributed by atoms with Crippen LogP contribution in [-0.2, 0) is 14.6 Å². The maximum Gasteiger partial charge on any atom is 0.405 e. The highest BCUT2D eigenvalue weighted by atomic mass is 32.2. The Balaban J connectivity index is 1.83. The van der Waals surface area contributed by atoms with Crippen molar-refractivity contribution in [2.75, 3.05) is 19.3 Å². The molecule has 1 aliphatic carbocycles. The summed E-state index contributed by atoms with van der Waals surface area (Å²) in [6.45, 7) is 4.68. The molecule has 172 valence electrons. The first-order chi connectivity index (χ1) is 14.6. The topological polar surface area (TPSA) is 107 Å². The summed E-state index contributed by atoms with van der Waals surface area (Å²) in [5.41, 5.74) is 0. The second kappa shape index (κ2) is 9.56. The molecular weight excluding hydrogens is 418 g/mol. The monoisotopic (exact) mass is 451 g/mol. The largest absolute Gasteiger partial charge is 0.465 e. The Kier molecular flexibility index (Phi) is 7.26. The quantitative estimate of drug-likeness (QED) is 0.658. The molecule has 1 heterocycles. The SMILES string of the molecule is CC(C)N(C)[C@@H]1CC[C@H](N2CC[C@H](NC(=O)O)C2=O)[C@H](CS(=O)(=O)c2ccccc2)C1. The number of amides is 2. The highest BCUT2D eigenvalue weighted by Crippen LogP contribution is 2.35. The van der Waals surface area contributed by atoms with E-state index in [0.29, 0.717) is 36.7 Å². The number of nitrogens with one attached hydrogen (secondary N) is 1. The van der Waals surface area contributed by atoms with E-state index < -0.39 is 22.0 Å². The number of sulfone groups is 1. The summed E-state index contributed by atoms with van der Waals surface area (Å²) < 4.78 is 26.3. The molecule has 1 aliphatic heterocycles. The van der Waals surface area contributed by atoms with Gasteiger partial charge in [0.25, 0.3) is 0 Å². The third-order valence-electron chi connectivity index (χ3n) is 6.78. The number of likely N-dealkylation sites (tertiary alicyclic amines) is 1. The number of carboxylic acid groups (broad SMARTS) is 1. The summed E-state index contributed by atoms with van der Waals surface area (Å²) in [5, 5.41) is 11.3. The molecule has 9 heteroatoms. The standard InChI is InChI=1S/C22H33N3O5S/c1-15(2)24(3)17-9-10-20(25-12-11-19(21(25)26)23-22(27)28)16(13-17)14-31(29,30)18-7-5-4-6-8-18/h4-8,15-17,19-20,23H,9-14H2,1-3H3,(H,27,28)/t16-,17+,19-,20-/m0/s1. The summed E-state index contributed by atoms with van der Waals surface area (Å²) in [7, 11) is -1.45. The lowest BCUT2D eigenvalue weighted by Gasteiger charge is -2.44. The zero-order valence-electron chi connectivity index (χ0n) is 18.4. The lowest BCUT2D eigenvalue weighted by molar-refractivity contribution is -0.133. The molecule has 0 aromatic heterocycles. The second-order valence-electron chi connectivity index (χ2n) is 8.97. The number of benzene rings is 1.